The van der Waals surface area contributed by atoms with Crippen molar-refractivity contribution in [2.24, 2.45) is 0 Å². The monoisotopic (exact) mass is 462 g/mol. The summed E-state index contributed by atoms with van der Waals surface area (Å²) in [5, 5.41) is 14.0. The fourth-order valence-corrected chi connectivity index (χ4v) is 4.15. The first-order chi connectivity index (χ1) is 15.9. The topological polar surface area (TPSA) is 90.1 Å². The SMILES string of the molecule is Cc1nccn1Cc1ccc(NC(=O)c2cc([N+](=O)[O-])ccc2Sc2ccccc2F)cc1. The van der Waals surface area contributed by atoms with E-state index < -0.39 is 16.6 Å². The van der Waals surface area contributed by atoms with E-state index in [1.807, 2.05) is 29.8 Å². The second-order valence-electron chi connectivity index (χ2n) is 7.22. The van der Waals surface area contributed by atoms with Gasteiger partial charge in [0.25, 0.3) is 11.6 Å². The molecule has 9 heteroatoms. The van der Waals surface area contributed by atoms with E-state index in [2.05, 4.69) is 10.3 Å². The maximum Gasteiger partial charge on any atom is 0.270 e. The number of nitrogens with one attached hydrogen (secondary N) is 1. The Morgan fingerprint density at radius 3 is 2.55 bits per heavy atom. The zero-order valence-corrected chi connectivity index (χ0v) is 18.4. The fourth-order valence-electron chi connectivity index (χ4n) is 3.20. The summed E-state index contributed by atoms with van der Waals surface area (Å²) in [6.07, 6.45) is 3.63. The van der Waals surface area contributed by atoms with Gasteiger partial charge >= 0.3 is 0 Å². The van der Waals surface area contributed by atoms with E-state index in [0.717, 1.165) is 23.1 Å². The first kappa shape index (κ1) is 22.2. The highest BCUT2D eigenvalue weighted by Gasteiger charge is 2.19. The number of aryl methyl sites for hydroxylation is 1. The molecule has 4 aromatic rings. The number of nitro groups is 1. The number of hydrogen-bond acceptors (Lipinski definition) is 5. The van der Waals surface area contributed by atoms with Gasteiger partial charge in [0.2, 0.25) is 0 Å². The van der Waals surface area contributed by atoms with Gasteiger partial charge in [0.05, 0.1) is 10.5 Å². The van der Waals surface area contributed by atoms with Crippen LogP contribution < -0.4 is 5.32 Å². The lowest BCUT2D eigenvalue weighted by molar-refractivity contribution is -0.384. The van der Waals surface area contributed by atoms with Gasteiger partial charge < -0.3 is 9.88 Å². The molecule has 0 saturated carbocycles. The summed E-state index contributed by atoms with van der Waals surface area (Å²) >= 11 is 1.04. The molecule has 0 saturated heterocycles. The van der Waals surface area contributed by atoms with Crippen molar-refractivity contribution in [1.82, 2.24) is 9.55 Å². The number of nitrogens with zero attached hydrogens (tertiary/aromatic N) is 3. The maximum absolute atomic E-state index is 14.1. The predicted octanol–water partition coefficient (Wildman–Crippen LogP) is 5.69. The number of non-ortho nitro benzene ring substituents is 1. The van der Waals surface area contributed by atoms with Gasteiger partial charge in [0, 0.05) is 46.5 Å². The van der Waals surface area contributed by atoms with Crippen LogP contribution in [0.15, 0.2) is 88.9 Å². The molecule has 0 unspecified atom stereocenters. The number of carbonyl (C=O) groups is 1. The molecule has 7 nitrogen and oxygen atoms in total. The standard InChI is InChI=1S/C24H19FN4O3S/c1-16-26-12-13-28(16)15-17-6-8-18(9-7-17)27-24(30)20-14-19(29(31)32)10-11-22(20)33-23-5-3-2-4-21(23)25/h2-14H,15H2,1H3,(H,27,30). The van der Waals surface area contributed by atoms with Crippen molar-refractivity contribution >= 4 is 29.0 Å². The first-order valence-electron chi connectivity index (χ1n) is 9.99. The van der Waals surface area contributed by atoms with Gasteiger partial charge in [-0.15, -0.1) is 0 Å². The van der Waals surface area contributed by atoms with Crippen molar-refractivity contribution in [1.29, 1.82) is 0 Å². The highest BCUT2D eigenvalue weighted by Crippen LogP contribution is 2.34. The van der Waals surface area contributed by atoms with Crippen molar-refractivity contribution < 1.29 is 14.1 Å². The molecule has 4 rings (SSSR count). The van der Waals surface area contributed by atoms with E-state index in [-0.39, 0.29) is 11.3 Å². The smallest absolute Gasteiger partial charge is 0.270 e. The number of amides is 1. The molecular formula is C24H19FN4O3S. The average molecular weight is 463 g/mol. The molecule has 1 amide bonds. The summed E-state index contributed by atoms with van der Waals surface area (Å²) in [4.78, 5) is 28.6. The molecule has 3 aromatic carbocycles. The van der Waals surface area contributed by atoms with Crippen molar-refractivity contribution in [2.45, 2.75) is 23.3 Å². The number of nitro benzene ring substituents is 1. The molecule has 0 atom stereocenters. The highest BCUT2D eigenvalue weighted by molar-refractivity contribution is 7.99. The number of hydrogen-bond donors (Lipinski definition) is 1. The molecular weight excluding hydrogens is 443 g/mol. The number of benzene rings is 3. The van der Waals surface area contributed by atoms with Crippen LogP contribution in [0.3, 0.4) is 0 Å². The van der Waals surface area contributed by atoms with Gasteiger partial charge in [0.15, 0.2) is 0 Å². The van der Waals surface area contributed by atoms with Gasteiger partial charge in [-0.1, -0.05) is 36.0 Å². The third-order valence-corrected chi connectivity index (χ3v) is 6.09. The molecule has 1 N–H and O–H groups in total. The Morgan fingerprint density at radius 2 is 1.88 bits per heavy atom. The molecule has 0 bridgehead atoms. The number of carbonyl (C=O) groups excluding carboxylic acids is 1. The summed E-state index contributed by atoms with van der Waals surface area (Å²) < 4.78 is 16.1. The van der Waals surface area contributed by atoms with Gasteiger partial charge in [-0.05, 0) is 42.8 Å². The zero-order chi connectivity index (χ0) is 23.4. The average Bonchev–Trinajstić information content (AvgIpc) is 3.21. The minimum Gasteiger partial charge on any atom is -0.331 e. The van der Waals surface area contributed by atoms with Crippen LogP contribution in [0.4, 0.5) is 15.8 Å². The minimum atomic E-state index is -0.568. The molecule has 166 valence electrons. The van der Waals surface area contributed by atoms with E-state index >= 15 is 0 Å². The summed E-state index contributed by atoms with van der Waals surface area (Å²) in [5.41, 5.74) is 1.44. The lowest BCUT2D eigenvalue weighted by Gasteiger charge is -2.11. The molecule has 0 aliphatic rings. The second kappa shape index (κ2) is 9.66. The van der Waals surface area contributed by atoms with Crippen molar-refractivity contribution in [2.75, 3.05) is 5.32 Å². The van der Waals surface area contributed by atoms with E-state index in [4.69, 9.17) is 0 Å². The largest absolute Gasteiger partial charge is 0.331 e. The molecule has 0 aliphatic carbocycles. The van der Waals surface area contributed by atoms with Gasteiger partial charge in [-0.25, -0.2) is 9.37 Å². The van der Waals surface area contributed by atoms with Crippen LogP contribution in [0.25, 0.3) is 0 Å². The van der Waals surface area contributed by atoms with Crippen molar-refractivity contribution in [3.05, 3.63) is 112 Å². The fraction of sp³-hybridized carbons (Fsp3) is 0.0833. The third-order valence-electron chi connectivity index (χ3n) is 4.96. The summed E-state index contributed by atoms with van der Waals surface area (Å²) in [6, 6.07) is 17.4. The predicted molar refractivity (Wildman–Crippen MR) is 124 cm³/mol. The zero-order valence-electron chi connectivity index (χ0n) is 17.6. The van der Waals surface area contributed by atoms with Crippen molar-refractivity contribution in [3.63, 3.8) is 0 Å². The Morgan fingerprint density at radius 1 is 1.12 bits per heavy atom. The number of aromatic nitrogens is 2. The lowest BCUT2D eigenvalue weighted by Crippen LogP contribution is -2.13. The van der Waals surface area contributed by atoms with Crippen molar-refractivity contribution in [3.8, 4) is 0 Å². The van der Waals surface area contributed by atoms with Gasteiger partial charge in [-0.2, -0.15) is 0 Å². The maximum atomic E-state index is 14.1. The van der Waals surface area contributed by atoms with E-state index in [9.17, 15) is 19.3 Å². The Balaban J connectivity index is 1.56. The normalized spacial score (nSPS) is 10.7. The molecule has 0 aliphatic heterocycles. The first-order valence-corrected chi connectivity index (χ1v) is 10.8. The Kier molecular flexibility index (Phi) is 6.50. The van der Waals surface area contributed by atoms with Crippen LogP contribution in [-0.2, 0) is 6.54 Å². The number of imidazole rings is 1. The van der Waals surface area contributed by atoms with Crippen LogP contribution in [0.2, 0.25) is 0 Å². The molecule has 33 heavy (non-hydrogen) atoms. The van der Waals surface area contributed by atoms with E-state index in [0.29, 0.717) is 22.0 Å². The van der Waals surface area contributed by atoms with Crippen LogP contribution in [0.5, 0.6) is 0 Å². The quantitative estimate of drug-likeness (QED) is 0.281. The molecule has 1 heterocycles. The Hall–Kier alpha value is -3.98. The van der Waals surface area contributed by atoms with E-state index in [1.54, 1.807) is 36.5 Å². The van der Waals surface area contributed by atoms with Crippen LogP contribution in [-0.4, -0.2) is 20.4 Å². The number of rotatable bonds is 7. The minimum absolute atomic E-state index is 0.0931. The Labute approximate surface area is 193 Å². The summed E-state index contributed by atoms with van der Waals surface area (Å²) in [7, 11) is 0. The molecule has 0 fully saturated rings. The number of halogens is 1. The highest BCUT2D eigenvalue weighted by atomic mass is 32.2. The summed E-state index contributed by atoms with van der Waals surface area (Å²) in [5.74, 6) is -0.0513. The lowest BCUT2D eigenvalue weighted by atomic mass is 10.1. The molecule has 0 radical (unpaired) electrons. The molecule has 0 spiro atoms. The second-order valence-corrected chi connectivity index (χ2v) is 8.31. The summed E-state index contributed by atoms with van der Waals surface area (Å²) in [6.45, 7) is 2.57. The van der Waals surface area contributed by atoms with Gasteiger partial charge in [0.1, 0.15) is 11.6 Å². The van der Waals surface area contributed by atoms with Crippen LogP contribution in [0, 0.1) is 22.9 Å². The number of anilines is 1. The van der Waals surface area contributed by atoms with E-state index in [1.165, 1.54) is 24.3 Å². The Bertz CT molecular complexity index is 1320. The van der Waals surface area contributed by atoms with Crippen LogP contribution >= 0.6 is 11.8 Å². The molecule has 1 aromatic heterocycles. The van der Waals surface area contributed by atoms with Gasteiger partial charge in [-0.3, -0.25) is 14.9 Å². The third kappa shape index (κ3) is 5.27. The van der Waals surface area contributed by atoms with Crippen LogP contribution in [0.1, 0.15) is 21.7 Å².